The van der Waals surface area contributed by atoms with Crippen LogP contribution < -0.4 is 5.32 Å². The lowest BCUT2D eigenvalue weighted by Crippen LogP contribution is -2.45. The second kappa shape index (κ2) is 7.25. The Hall–Kier alpha value is -1.12. The van der Waals surface area contributed by atoms with Crippen LogP contribution in [-0.2, 0) is 9.53 Å². The summed E-state index contributed by atoms with van der Waals surface area (Å²) in [6.45, 7) is 3.75. The van der Waals surface area contributed by atoms with Gasteiger partial charge in [0, 0.05) is 25.3 Å². The number of ether oxygens (including phenoxy) is 1. The summed E-state index contributed by atoms with van der Waals surface area (Å²) in [6, 6.07) is 2.47. The molecule has 1 aliphatic rings. The zero-order valence-electron chi connectivity index (χ0n) is 10.6. The van der Waals surface area contributed by atoms with E-state index >= 15 is 0 Å². The van der Waals surface area contributed by atoms with Crippen LogP contribution in [0, 0.1) is 11.3 Å². The molecule has 0 saturated carbocycles. The Morgan fingerprint density at radius 1 is 1.59 bits per heavy atom. The molecule has 1 amide bonds. The van der Waals surface area contributed by atoms with E-state index in [4.69, 9.17) is 10.00 Å². The number of hydrogen-bond acceptors (Lipinski definition) is 4. The molecular formula is C12H21N3O2. The third-order valence-electron chi connectivity index (χ3n) is 3.12. The first-order valence-electron chi connectivity index (χ1n) is 6.07. The molecule has 1 unspecified atom stereocenters. The quantitative estimate of drug-likeness (QED) is 0.759. The molecule has 1 atom stereocenters. The van der Waals surface area contributed by atoms with Crippen LogP contribution in [-0.4, -0.2) is 49.7 Å². The normalized spacial score (nSPS) is 18.7. The summed E-state index contributed by atoms with van der Waals surface area (Å²) in [5, 5.41) is 11.6. The molecule has 1 fully saturated rings. The number of nitrogens with zero attached hydrogens (tertiary/aromatic N) is 2. The fourth-order valence-electron chi connectivity index (χ4n) is 1.79. The van der Waals surface area contributed by atoms with Crippen molar-refractivity contribution in [2.45, 2.75) is 38.3 Å². The Morgan fingerprint density at radius 2 is 2.24 bits per heavy atom. The monoisotopic (exact) mass is 239 g/mol. The average Bonchev–Trinajstić information content (AvgIpc) is 2.30. The molecule has 17 heavy (non-hydrogen) atoms. The van der Waals surface area contributed by atoms with Crippen LogP contribution in [0.4, 0.5) is 0 Å². The van der Waals surface area contributed by atoms with Crippen molar-refractivity contribution in [1.82, 2.24) is 10.2 Å². The average molecular weight is 239 g/mol. The van der Waals surface area contributed by atoms with Gasteiger partial charge in [0.2, 0.25) is 5.91 Å². The third-order valence-corrected chi connectivity index (χ3v) is 3.12. The molecule has 1 heterocycles. The van der Waals surface area contributed by atoms with Gasteiger partial charge in [-0.15, -0.1) is 0 Å². The first-order chi connectivity index (χ1) is 8.13. The SMILES string of the molecule is CC(CC#N)N(C)CC(=O)NC1CCOCC1. The number of nitriles is 1. The van der Waals surface area contributed by atoms with Crippen LogP contribution in [0.1, 0.15) is 26.2 Å². The molecule has 1 rings (SSSR count). The lowest BCUT2D eigenvalue weighted by Gasteiger charge is -2.26. The molecule has 0 spiro atoms. The lowest BCUT2D eigenvalue weighted by molar-refractivity contribution is -0.123. The van der Waals surface area contributed by atoms with Crippen LogP contribution in [0.5, 0.6) is 0 Å². The van der Waals surface area contributed by atoms with Crippen molar-refractivity contribution in [3.8, 4) is 6.07 Å². The van der Waals surface area contributed by atoms with Crippen LogP contribution in [0.3, 0.4) is 0 Å². The minimum Gasteiger partial charge on any atom is -0.381 e. The van der Waals surface area contributed by atoms with E-state index in [0.717, 1.165) is 26.1 Å². The van der Waals surface area contributed by atoms with Crippen LogP contribution in [0.25, 0.3) is 0 Å². The number of carbonyl (C=O) groups excluding carboxylic acids is 1. The predicted molar refractivity (Wildman–Crippen MR) is 64.3 cm³/mol. The molecule has 0 aromatic heterocycles. The van der Waals surface area contributed by atoms with Gasteiger partial charge in [0.1, 0.15) is 0 Å². The first kappa shape index (κ1) is 13.9. The van der Waals surface area contributed by atoms with Crippen molar-refractivity contribution in [3.05, 3.63) is 0 Å². The van der Waals surface area contributed by atoms with Crippen molar-refractivity contribution < 1.29 is 9.53 Å². The van der Waals surface area contributed by atoms with Gasteiger partial charge in [-0.2, -0.15) is 5.26 Å². The summed E-state index contributed by atoms with van der Waals surface area (Å²) >= 11 is 0. The molecular weight excluding hydrogens is 218 g/mol. The van der Waals surface area contributed by atoms with Gasteiger partial charge in [0.25, 0.3) is 0 Å². The Labute approximate surface area is 103 Å². The summed E-state index contributed by atoms with van der Waals surface area (Å²) in [6.07, 6.45) is 2.23. The number of likely N-dealkylation sites (N-methyl/N-ethyl adjacent to an activating group) is 1. The highest BCUT2D eigenvalue weighted by molar-refractivity contribution is 5.78. The van der Waals surface area contributed by atoms with Crippen LogP contribution in [0.2, 0.25) is 0 Å². The van der Waals surface area contributed by atoms with Gasteiger partial charge in [-0.05, 0) is 26.8 Å². The number of nitrogens with one attached hydrogen (secondary N) is 1. The Balaban J connectivity index is 2.26. The second-order valence-electron chi connectivity index (χ2n) is 4.58. The van der Waals surface area contributed by atoms with Gasteiger partial charge in [0.05, 0.1) is 19.0 Å². The van der Waals surface area contributed by atoms with Gasteiger partial charge in [0.15, 0.2) is 0 Å². The van der Waals surface area contributed by atoms with E-state index in [2.05, 4.69) is 11.4 Å². The maximum absolute atomic E-state index is 11.8. The smallest absolute Gasteiger partial charge is 0.234 e. The number of amides is 1. The lowest BCUT2D eigenvalue weighted by atomic mass is 10.1. The summed E-state index contributed by atoms with van der Waals surface area (Å²) in [5.41, 5.74) is 0. The minimum absolute atomic E-state index is 0.0317. The van der Waals surface area contributed by atoms with Crippen molar-refractivity contribution >= 4 is 5.91 Å². The van der Waals surface area contributed by atoms with E-state index in [0.29, 0.717) is 13.0 Å². The fourth-order valence-corrected chi connectivity index (χ4v) is 1.79. The largest absolute Gasteiger partial charge is 0.381 e. The third kappa shape index (κ3) is 5.16. The van der Waals surface area contributed by atoms with Crippen molar-refractivity contribution in [1.29, 1.82) is 5.26 Å². The number of hydrogen-bond donors (Lipinski definition) is 1. The molecule has 0 aromatic carbocycles. The highest BCUT2D eigenvalue weighted by Crippen LogP contribution is 2.06. The molecule has 1 saturated heterocycles. The Bertz CT molecular complexity index is 282. The second-order valence-corrected chi connectivity index (χ2v) is 4.58. The minimum atomic E-state index is 0.0317. The molecule has 0 bridgehead atoms. The standard InChI is InChI=1S/C12H21N3O2/c1-10(3-6-13)15(2)9-12(16)14-11-4-7-17-8-5-11/h10-11H,3-5,7-9H2,1-2H3,(H,14,16). The van der Waals surface area contributed by atoms with E-state index < -0.39 is 0 Å². The van der Waals surface area contributed by atoms with Crippen molar-refractivity contribution in [3.63, 3.8) is 0 Å². The summed E-state index contributed by atoms with van der Waals surface area (Å²) in [7, 11) is 1.87. The predicted octanol–water partition coefficient (Wildman–Crippen LogP) is 0.516. The van der Waals surface area contributed by atoms with Gasteiger partial charge in [-0.3, -0.25) is 9.69 Å². The molecule has 0 radical (unpaired) electrons. The van der Waals surface area contributed by atoms with Gasteiger partial charge in [-0.1, -0.05) is 0 Å². The van der Waals surface area contributed by atoms with Crippen LogP contribution in [0.15, 0.2) is 0 Å². The highest BCUT2D eigenvalue weighted by atomic mass is 16.5. The van der Waals surface area contributed by atoms with Gasteiger partial charge < -0.3 is 10.1 Å². The highest BCUT2D eigenvalue weighted by Gasteiger charge is 2.18. The van der Waals surface area contributed by atoms with Gasteiger partial charge >= 0.3 is 0 Å². The van der Waals surface area contributed by atoms with E-state index in [1.807, 2.05) is 18.9 Å². The fraction of sp³-hybridized carbons (Fsp3) is 0.833. The summed E-state index contributed by atoms with van der Waals surface area (Å²) in [5.74, 6) is 0.0317. The molecule has 1 N–H and O–H groups in total. The molecule has 1 aliphatic heterocycles. The van der Waals surface area contributed by atoms with Crippen molar-refractivity contribution in [2.24, 2.45) is 0 Å². The molecule has 0 aromatic rings. The summed E-state index contributed by atoms with van der Waals surface area (Å²) < 4.78 is 5.23. The molecule has 96 valence electrons. The molecule has 0 aliphatic carbocycles. The van der Waals surface area contributed by atoms with Gasteiger partial charge in [-0.25, -0.2) is 0 Å². The van der Waals surface area contributed by atoms with Crippen molar-refractivity contribution in [2.75, 3.05) is 26.8 Å². The summed E-state index contributed by atoms with van der Waals surface area (Å²) in [4.78, 5) is 13.7. The van der Waals surface area contributed by atoms with E-state index in [1.165, 1.54) is 0 Å². The number of carbonyl (C=O) groups is 1. The van der Waals surface area contributed by atoms with E-state index in [1.54, 1.807) is 0 Å². The molecule has 5 heteroatoms. The zero-order chi connectivity index (χ0) is 12.7. The van der Waals surface area contributed by atoms with Crippen LogP contribution >= 0.6 is 0 Å². The maximum atomic E-state index is 11.8. The Morgan fingerprint density at radius 3 is 2.82 bits per heavy atom. The first-order valence-corrected chi connectivity index (χ1v) is 6.07. The molecule has 5 nitrogen and oxygen atoms in total. The van der Waals surface area contributed by atoms with E-state index in [9.17, 15) is 4.79 Å². The number of rotatable bonds is 5. The topological polar surface area (TPSA) is 65.4 Å². The zero-order valence-corrected chi connectivity index (χ0v) is 10.6. The maximum Gasteiger partial charge on any atom is 0.234 e. The van der Waals surface area contributed by atoms with E-state index in [-0.39, 0.29) is 18.0 Å². The Kier molecular flexibility index (Phi) is 5.95.